The second-order valence-electron chi connectivity index (χ2n) is 6.77. The molecule has 1 saturated heterocycles. The lowest BCUT2D eigenvalue weighted by Gasteiger charge is -2.35. The summed E-state index contributed by atoms with van der Waals surface area (Å²) in [6, 6.07) is 9.43. The summed E-state index contributed by atoms with van der Waals surface area (Å²) in [5.74, 6) is 1.32. The van der Waals surface area contributed by atoms with Crippen LogP contribution < -0.4 is 4.90 Å². The van der Waals surface area contributed by atoms with Crippen molar-refractivity contribution in [3.63, 3.8) is 0 Å². The second kappa shape index (κ2) is 6.35. The molecule has 0 bridgehead atoms. The van der Waals surface area contributed by atoms with E-state index in [0.717, 1.165) is 42.9 Å². The monoisotopic (exact) mass is 339 g/mol. The molecule has 6 nitrogen and oxygen atoms in total. The molecule has 1 aromatic heterocycles. The molecule has 0 N–H and O–H groups in total. The SMILES string of the molecule is CC(=O)c1ccc(N2CCN(C(=O)c3cc(C4CC4)on3)CC2)cc1. The van der Waals surface area contributed by atoms with Crippen LogP contribution in [0.5, 0.6) is 0 Å². The number of Topliss-reactive ketones (excluding diaryl/α,β-unsaturated/α-hetero) is 1. The lowest BCUT2D eigenvalue weighted by atomic mass is 10.1. The summed E-state index contributed by atoms with van der Waals surface area (Å²) in [6.07, 6.45) is 2.26. The van der Waals surface area contributed by atoms with Gasteiger partial charge < -0.3 is 14.3 Å². The summed E-state index contributed by atoms with van der Waals surface area (Å²) in [4.78, 5) is 28.0. The number of piperazine rings is 1. The van der Waals surface area contributed by atoms with Crippen LogP contribution in [-0.2, 0) is 0 Å². The molecule has 0 atom stereocenters. The van der Waals surface area contributed by atoms with Gasteiger partial charge in [0.2, 0.25) is 0 Å². The molecule has 6 heteroatoms. The standard InChI is InChI=1S/C19H21N3O3/c1-13(23)14-4-6-16(7-5-14)21-8-10-22(11-9-21)19(24)17-12-18(25-20-17)15-2-3-15/h4-7,12,15H,2-3,8-11H2,1H3. The van der Waals surface area contributed by atoms with Gasteiger partial charge in [-0.05, 0) is 44.0 Å². The Balaban J connectivity index is 1.37. The lowest BCUT2D eigenvalue weighted by Crippen LogP contribution is -2.48. The van der Waals surface area contributed by atoms with E-state index in [1.54, 1.807) is 13.0 Å². The number of nitrogens with zero attached hydrogens (tertiary/aromatic N) is 3. The normalized spacial score (nSPS) is 17.6. The fraction of sp³-hybridized carbons (Fsp3) is 0.421. The first-order valence-electron chi connectivity index (χ1n) is 8.73. The van der Waals surface area contributed by atoms with Crippen molar-refractivity contribution in [1.82, 2.24) is 10.1 Å². The van der Waals surface area contributed by atoms with Gasteiger partial charge in [0.25, 0.3) is 5.91 Å². The largest absolute Gasteiger partial charge is 0.368 e. The van der Waals surface area contributed by atoms with Crippen molar-refractivity contribution in [3.8, 4) is 0 Å². The number of ketones is 1. The molecule has 1 saturated carbocycles. The Morgan fingerprint density at radius 2 is 1.76 bits per heavy atom. The Kier molecular flexibility index (Phi) is 4.03. The quantitative estimate of drug-likeness (QED) is 0.801. The lowest BCUT2D eigenvalue weighted by molar-refractivity contribution is 0.0736. The maximum absolute atomic E-state index is 12.6. The number of amides is 1. The van der Waals surface area contributed by atoms with Gasteiger partial charge in [-0.3, -0.25) is 9.59 Å². The van der Waals surface area contributed by atoms with E-state index in [0.29, 0.717) is 24.7 Å². The zero-order chi connectivity index (χ0) is 17.4. The van der Waals surface area contributed by atoms with E-state index in [2.05, 4.69) is 10.1 Å². The van der Waals surface area contributed by atoms with Gasteiger partial charge >= 0.3 is 0 Å². The number of aromatic nitrogens is 1. The number of hydrogen-bond acceptors (Lipinski definition) is 5. The molecule has 4 rings (SSSR count). The number of benzene rings is 1. The van der Waals surface area contributed by atoms with E-state index in [1.807, 2.05) is 29.2 Å². The van der Waals surface area contributed by atoms with Crippen molar-refractivity contribution >= 4 is 17.4 Å². The van der Waals surface area contributed by atoms with Gasteiger partial charge in [-0.2, -0.15) is 0 Å². The molecule has 2 aromatic rings. The Bertz CT molecular complexity index is 785. The first-order chi connectivity index (χ1) is 12.1. The summed E-state index contributed by atoms with van der Waals surface area (Å²) >= 11 is 0. The minimum atomic E-state index is -0.0535. The average Bonchev–Trinajstić information content (AvgIpc) is 3.38. The van der Waals surface area contributed by atoms with Crippen molar-refractivity contribution in [2.24, 2.45) is 0 Å². The van der Waals surface area contributed by atoms with Gasteiger partial charge in [-0.1, -0.05) is 5.16 Å². The van der Waals surface area contributed by atoms with Crippen molar-refractivity contribution in [2.45, 2.75) is 25.7 Å². The molecule has 0 spiro atoms. The van der Waals surface area contributed by atoms with Crippen molar-refractivity contribution in [2.75, 3.05) is 31.1 Å². The highest BCUT2D eigenvalue weighted by Gasteiger charge is 2.30. The molecular weight excluding hydrogens is 318 g/mol. The summed E-state index contributed by atoms with van der Waals surface area (Å²) in [6.45, 7) is 4.40. The van der Waals surface area contributed by atoms with Crippen molar-refractivity contribution in [3.05, 3.63) is 47.3 Å². The fourth-order valence-electron chi connectivity index (χ4n) is 3.19. The molecular formula is C19H21N3O3. The highest BCUT2D eigenvalue weighted by atomic mass is 16.5. The molecule has 2 heterocycles. The van der Waals surface area contributed by atoms with Gasteiger partial charge in [-0.15, -0.1) is 0 Å². The highest BCUT2D eigenvalue weighted by molar-refractivity contribution is 5.94. The third-order valence-electron chi connectivity index (χ3n) is 4.93. The average molecular weight is 339 g/mol. The van der Waals surface area contributed by atoms with E-state index >= 15 is 0 Å². The molecule has 1 amide bonds. The molecule has 2 aliphatic rings. The summed E-state index contributed by atoms with van der Waals surface area (Å²) in [7, 11) is 0. The first kappa shape index (κ1) is 15.9. The molecule has 1 aliphatic heterocycles. The molecule has 1 aromatic carbocycles. The maximum atomic E-state index is 12.6. The minimum Gasteiger partial charge on any atom is -0.368 e. The van der Waals surface area contributed by atoms with Crippen LogP contribution in [0.1, 0.15) is 52.3 Å². The number of rotatable bonds is 4. The molecule has 130 valence electrons. The van der Waals surface area contributed by atoms with Crippen LogP contribution in [0.2, 0.25) is 0 Å². The number of carbonyl (C=O) groups excluding carboxylic acids is 2. The predicted octanol–water partition coefficient (Wildman–Crippen LogP) is 2.72. The number of carbonyl (C=O) groups is 2. The van der Waals surface area contributed by atoms with Crippen LogP contribution in [0.25, 0.3) is 0 Å². The van der Waals surface area contributed by atoms with E-state index in [1.165, 1.54) is 0 Å². The Hall–Kier alpha value is -2.63. The zero-order valence-corrected chi connectivity index (χ0v) is 14.3. The smallest absolute Gasteiger partial charge is 0.276 e. The van der Waals surface area contributed by atoms with Crippen LogP contribution >= 0.6 is 0 Å². The third-order valence-corrected chi connectivity index (χ3v) is 4.93. The highest BCUT2D eigenvalue weighted by Crippen LogP contribution is 2.40. The summed E-state index contributed by atoms with van der Waals surface area (Å²) in [5, 5.41) is 3.94. The molecule has 2 fully saturated rings. The zero-order valence-electron chi connectivity index (χ0n) is 14.3. The van der Waals surface area contributed by atoms with Crippen LogP contribution in [0.15, 0.2) is 34.9 Å². The predicted molar refractivity (Wildman–Crippen MR) is 93.0 cm³/mol. The minimum absolute atomic E-state index is 0.0535. The molecule has 0 unspecified atom stereocenters. The number of hydrogen-bond donors (Lipinski definition) is 0. The van der Waals surface area contributed by atoms with Crippen LogP contribution in [0.3, 0.4) is 0 Å². The molecule has 0 radical (unpaired) electrons. The van der Waals surface area contributed by atoms with E-state index in [4.69, 9.17) is 4.52 Å². The maximum Gasteiger partial charge on any atom is 0.276 e. The fourth-order valence-corrected chi connectivity index (χ4v) is 3.19. The van der Waals surface area contributed by atoms with E-state index < -0.39 is 0 Å². The van der Waals surface area contributed by atoms with Crippen LogP contribution in [0.4, 0.5) is 5.69 Å². The van der Waals surface area contributed by atoms with Crippen molar-refractivity contribution < 1.29 is 14.1 Å². The van der Waals surface area contributed by atoms with Crippen LogP contribution in [0, 0.1) is 0 Å². The van der Waals surface area contributed by atoms with E-state index in [9.17, 15) is 9.59 Å². The van der Waals surface area contributed by atoms with Gasteiger partial charge in [0, 0.05) is 49.4 Å². The van der Waals surface area contributed by atoms with Crippen molar-refractivity contribution in [1.29, 1.82) is 0 Å². The van der Waals surface area contributed by atoms with Gasteiger partial charge in [0.1, 0.15) is 5.76 Å². The number of anilines is 1. The second-order valence-corrected chi connectivity index (χ2v) is 6.77. The van der Waals surface area contributed by atoms with Gasteiger partial charge in [-0.25, -0.2) is 0 Å². The van der Waals surface area contributed by atoms with Crippen LogP contribution in [-0.4, -0.2) is 47.9 Å². The molecule has 25 heavy (non-hydrogen) atoms. The van der Waals surface area contributed by atoms with Gasteiger partial charge in [0.15, 0.2) is 11.5 Å². The van der Waals surface area contributed by atoms with Gasteiger partial charge in [0.05, 0.1) is 0 Å². The van der Waals surface area contributed by atoms with E-state index in [-0.39, 0.29) is 11.7 Å². The Morgan fingerprint density at radius 1 is 1.08 bits per heavy atom. The Labute approximate surface area is 146 Å². The third kappa shape index (κ3) is 3.29. The molecule has 1 aliphatic carbocycles. The first-order valence-corrected chi connectivity index (χ1v) is 8.73. The topological polar surface area (TPSA) is 66.7 Å². The summed E-state index contributed by atoms with van der Waals surface area (Å²) in [5.41, 5.74) is 2.21. The summed E-state index contributed by atoms with van der Waals surface area (Å²) < 4.78 is 5.29. The Morgan fingerprint density at radius 3 is 2.36 bits per heavy atom.